The van der Waals surface area contributed by atoms with Gasteiger partial charge in [-0.25, -0.2) is 0 Å². The average Bonchev–Trinajstić information content (AvgIpc) is 3.74. The maximum atomic E-state index is 2.50. The number of allylic oxidation sites excluding steroid dienone is 1. The Balaban J connectivity index is 1.05. The minimum atomic E-state index is -0.0366. The Morgan fingerprint density at radius 3 is 2.17 bits per heavy atom. The fourth-order valence-corrected chi connectivity index (χ4v) is 9.73. The number of aryl methyl sites for hydroxylation is 1. The molecule has 1 nitrogen and oxygen atoms in total. The molecule has 10 rings (SSSR count). The smallest absolute Gasteiger partial charge is 0.0541 e. The van der Waals surface area contributed by atoms with Gasteiger partial charge in [0.05, 0.1) is 5.52 Å². The molecule has 0 aliphatic heterocycles. The Morgan fingerprint density at radius 1 is 0.617 bits per heavy atom. The zero-order chi connectivity index (χ0) is 31.3. The third kappa shape index (κ3) is 3.82. The number of thiophene rings is 1. The molecule has 0 bridgehead atoms. The van der Waals surface area contributed by atoms with Gasteiger partial charge in [-0.1, -0.05) is 123 Å². The summed E-state index contributed by atoms with van der Waals surface area (Å²) in [5.74, 6) is 0. The minimum absolute atomic E-state index is 0.0366. The lowest BCUT2D eigenvalue weighted by Gasteiger charge is -2.23. The molecule has 0 amide bonds. The lowest BCUT2D eigenvalue weighted by atomic mass is 9.79. The largest absolute Gasteiger partial charge is 0.310 e. The van der Waals surface area contributed by atoms with Crippen molar-refractivity contribution in [1.29, 1.82) is 0 Å². The van der Waals surface area contributed by atoms with Gasteiger partial charge < -0.3 is 4.57 Å². The standard InChI is InChI=1S/C45H33NS/c1-45(2)38-15-6-3-10-33(38)35-26-27-40-42(43(35)45)37-12-4-7-16-39(37)46(40)31-24-22-29(23-25-31)28-18-20-30(21-19-28)32-13-9-14-36-34-11-5-8-17-41(34)47-44(32)36/h3,5-11,13-27H,4,12H2,1-2H3. The van der Waals surface area contributed by atoms with E-state index in [0.29, 0.717) is 0 Å². The van der Waals surface area contributed by atoms with Gasteiger partial charge in [0.2, 0.25) is 0 Å². The van der Waals surface area contributed by atoms with Gasteiger partial charge in [-0.15, -0.1) is 11.3 Å². The Labute approximate surface area is 279 Å². The Morgan fingerprint density at radius 2 is 1.32 bits per heavy atom. The SMILES string of the molecule is CC1(C)c2ccccc2-c2ccc3c(c4c(n3-c3ccc(-c5ccc(-c6cccc7c6sc6ccccc67)cc5)cc3)C=CCC4)c21. The van der Waals surface area contributed by atoms with E-state index in [2.05, 4.69) is 158 Å². The molecule has 0 saturated heterocycles. The first-order valence-corrected chi connectivity index (χ1v) is 17.5. The summed E-state index contributed by atoms with van der Waals surface area (Å²) >= 11 is 1.89. The van der Waals surface area contributed by atoms with Crippen LogP contribution in [-0.2, 0) is 11.8 Å². The zero-order valence-electron chi connectivity index (χ0n) is 26.5. The van der Waals surface area contributed by atoms with Crippen LogP contribution in [-0.4, -0.2) is 4.57 Å². The third-order valence-corrected chi connectivity index (χ3v) is 11.9. The minimum Gasteiger partial charge on any atom is -0.310 e. The zero-order valence-corrected chi connectivity index (χ0v) is 27.4. The molecule has 0 unspecified atom stereocenters. The van der Waals surface area contributed by atoms with Crippen LogP contribution in [0.4, 0.5) is 0 Å². The maximum absolute atomic E-state index is 2.50. The van der Waals surface area contributed by atoms with E-state index in [1.165, 1.54) is 92.5 Å². The van der Waals surface area contributed by atoms with Crippen LogP contribution in [0.2, 0.25) is 0 Å². The highest BCUT2D eigenvalue weighted by atomic mass is 32.1. The number of fused-ring (bicyclic) bond motifs is 10. The second-order valence-electron chi connectivity index (χ2n) is 13.6. The molecule has 0 fully saturated rings. The van der Waals surface area contributed by atoms with E-state index in [9.17, 15) is 0 Å². The van der Waals surface area contributed by atoms with Gasteiger partial charge in [-0.2, -0.15) is 0 Å². The Hall–Kier alpha value is -5.18. The second kappa shape index (κ2) is 9.91. The van der Waals surface area contributed by atoms with Crippen molar-refractivity contribution >= 4 is 48.5 Å². The van der Waals surface area contributed by atoms with Crippen molar-refractivity contribution in [2.75, 3.05) is 0 Å². The maximum Gasteiger partial charge on any atom is 0.0541 e. The van der Waals surface area contributed by atoms with Gasteiger partial charge in [0.1, 0.15) is 0 Å². The van der Waals surface area contributed by atoms with Crippen molar-refractivity contribution in [1.82, 2.24) is 4.57 Å². The molecule has 0 N–H and O–H groups in total. The fraction of sp³-hybridized carbons (Fsp3) is 0.111. The van der Waals surface area contributed by atoms with Crippen LogP contribution in [0.25, 0.3) is 76.2 Å². The number of rotatable bonds is 3. The quantitative estimate of drug-likeness (QED) is 0.185. The predicted molar refractivity (Wildman–Crippen MR) is 202 cm³/mol. The summed E-state index contributed by atoms with van der Waals surface area (Å²) in [6, 6.07) is 47.4. The molecule has 2 aliphatic rings. The van der Waals surface area contributed by atoms with E-state index < -0.39 is 0 Å². The Bertz CT molecular complexity index is 2570. The van der Waals surface area contributed by atoms with Crippen molar-refractivity contribution in [2.45, 2.75) is 32.1 Å². The van der Waals surface area contributed by atoms with Crippen LogP contribution in [0.1, 0.15) is 42.7 Å². The molecule has 0 radical (unpaired) electrons. The molecular weight excluding hydrogens is 587 g/mol. The van der Waals surface area contributed by atoms with Crippen molar-refractivity contribution in [3.05, 3.63) is 156 Å². The van der Waals surface area contributed by atoms with Crippen LogP contribution in [0, 0.1) is 0 Å². The molecule has 0 spiro atoms. The highest BCUT2D eigenvalue weighted by Gasteiger charge is 2.38. The van der Waals surface area contributed by atoms with Gasteiger partial charge in [0.25, 0.3) is 0 Å². The molecule has 47 heavy (non-hydrogen) atoms. The van der Waals surface area contributed by atoms with Gasteiger partial charge in [0.15, 0.2) is 0 Å². The van der Waals surface area contributed by atoms with Crippen molar-refractivity contribution in [2.24, 2.45) is 0 Å². The van der Waals surface area contributed by atoms with E-state index >= 15 is 0 Å². The molecular formula is C45H33NS. The molecule has 224 valence electrons. The van der Waals surface area contributed by atoms with E-state index in [-0.39, 0.29) is 5.41 Å². The summed E-state index contributed by atoms with van der Waals surface area (Å²) in [4.78, 5) is 0. The summed E-state index contributed by atoms with van der Waals surface area (Å²) < 4.78 is 5.20. The van der Waals surface area contributed by atoms with E-state index in [0.717, 1.165) is 12.8 Å². The predicted octanol–water partition coefficient (Wildman–Crippen LogP) is 12.6. The first kappa shape index (κ1) is 27.0. The number of hydrogen-bond acceptors (Lipinski definition) is 1. The summed E-state index contributed by atoms with van der Waals surface area (Å²) in [6.45, 7) is 4.81. The van der Waals surface area contributed by atoms with Crippen LogP contribution in [0.15, 0.2) is 133 Å². The first-order valence-electron chi connectivity index (χ1n) is 16.7. The van der Waals surface area contributed by atoms with Crippen LogP contribution < -0.4 is 0 Å². The average molecular weight is 620 g/mol. The topological polar surface area (TPSA) is 4.93 Å². The highest BCUT2D eigenvalue weighted by molar-refractivity contribution is 7.26. The summed E-state index contributed by atoms with van der Waals surface area (Å²) in [7, 11) is 0. The molecule has 0 atom stereocenters. The van der Waals surface area contributed by atoms with Gasteiger partial charge in [0, 0.05) is 42.4 Å². The fourth-order valence-electron chi connectivity index (χ4n) is 8.50. The van der Waals surface area contributed by atoms with E-state index in [4.69, 9.17) is 0 Å². The van der Waals surface area contributed by atoms with E-state index in [1.54, 1.807) is 0 Å². The van der Waals surface area contributed by atoms with Crippen molar-refractivity contribution in [3.8, 4) is 39.1 Å². The molecule has 2 aliphatic carbocycles. The van der Waals surface area contributed by atoms with Gasteiger partial charge >= 0.3 is 0 Å². The first-order chi connectivity index (χ1) is 23.1. The summed E-state index contributed by atoms with van der Waals surface area (Å²) in [5.41, 5.74) is 16.1. The van der Waals surface area contributed by atoms with Crippen LogP contribution in [0.5, 0.6) is 0 Å². The Kier molecular flexibility index (Phi) is 5.69. The van der Waals surface area contributed by atoms with Crippen molar-refractivity contribution in [3.63, 3.8) is 0 Å². The molecule has 0 saturated carbocycles. The molecule has 6 aromatic carbocycles. The van der Waals surface area contributed by atoms with Gasteiger partial charge in [-0.3, -0.25) is 0 Å². The number of hydrogen-bond donors (Lipinski definition) is 0. The second-order valence-corrected chi connectivity index (χ2v) is 14.6. The lowest BCUT2D eigenvalue weighted by Crippen LogP contribution is -2.15. The summed E-state index contributed by atoms with van der Waals surface area (Å²) in [6.07, 6.45) is 6.87. The number of nitrogens with zero attached hydrogens (tertiary/aromatic N) is 1. The highest BCUT2D eigenvalue weighted by Crippen LogP contribution is 2.53. The molecule has 8 aromatic rings. The van der Waals surface area contributed by atoms with E-state index in [1.807, 2.05) is 11.3 Å². The summed E-state index contributed by atoms with van der Waals surface area (Å²) in [5, 5.41) is 4.14. The monoisotopic (exact) mass is 619 g/mol. The van der Waals surface area contributed by atoms with Crippen molar-refractivity contribution < 1.29 is 0 Å². The normalized spacial score (nSPS) is 14.5. The molecule has 2 aromatic heterocycles. The lowest BCUT2D eigenvalue weighted by molar-refractivity contribution is 0.665. The van der Waals surface area contributed by atoms with Gasteiger partial charge in [-0.05, 0) is 93.3 Å². The number of aromatic nitrogens is 1. The molecule has 2 heterocycles. The number of benzene rings is 6. The van der Waals surface area contributed by atoms with Crippen LogP contribution >= 0.6 is 11.3 Å². The van der Waals surface area contributed by atoms with Crippen LogP contribution in [0.3, 0.4) is 0 Å². The molecule has 2 heteroatoms. The third-order valence-electron chi connectivity index (χ3n) is 10.7.